The number of rotatable bonds is 4. The Morgan fingerprint density at radius 1 is 1.26 bits per heavy atom. The van der Waals surface area contributed by atoms with E-state index in [2.05, 4.69) is 27.1 Å². The maximum absolute atomic E-state index is 12.6. The van der Waals surface area contributed by atoms with Crippen molar-refractivity contribution in [3.05, 3.63) is 36.0 Å². The van der Waals surface area contributed by atoms with Crippen molar-refractivity contribution in [1.82, 2.24) is 20.5 Å². The number of carbonyl (C=O) groups is 2. The summed E-state index contributed by atoms with van der Waals surface area (Å²) in [6.07, 6.45) is 4.66. The highest BCUT2D eigenvalue weighted by Gasteiger charge is 2.33. The molecule has 3 heterocycles. The summed E-state index contributed by atoms with van der Waals surface area (Å²) in [6.45, 7) is 3.08. The van der Waals surface area contributed by atoms with Crippen LogP contribution >= 0.6 is 0 Å². The average Bonchev–Trinajstić information content (AvgIpc) is 3.25. The van der Waals surface area contributed by atoms with Gasteiger partial charge in [-0.25, -0.2) is 0 Å². The first-order valence-electron chi connectivity index (χ1n) is 7.56. The Morgan fingerprint density at radius 2 is 1.96 bits per heavy atom. The van der Waals surface area contributed by atoms with E-state index in [4.69, 9.17) is 4.52 Å². The summed E-state index contributed by atoms with van der Waals surface area (Å²) in [4.78, 5) is 26.3. The Bertz CT molecular complexity index is 653. The molecule has 0 saturated carbocycles. The number of nitrogens with zero attached hydrogens (tertiary/aromatic N) is 3. The van der Waals surface area contributed by atoms with E-state index in [0.717, 1.165) is 12.8 Å². The molecule has 1 N–H and O–H groups in total. The number of likely N-dealkylation sites (tertiary alicyclic amines) is 1. The zero-order valence-corrected chi connectivity index (χ0v) is 12.8. The van der Waals surface area contributed by atoms with Crippen LogP contribution in [0.5, 0.6) is 0 Å². The summed E-state index contributed by atoms with van der Waals surface area (Å²) in [5.74, 6) is -0.214. The third-order valence-electron chi connectivity index (χ3n) is 4.18. The van der Waals surface area contributed by atoms with E-state index in [0.29, 0.717) is 13.1 Å². The predicted octanol–water partition coefficient (Wildman–Crippen LogP) is 1.33. The number of hydrogen-bond acceptors (Lipinski definition) is 6. The van der Waals surface area contributed by atoms with E-state index < -0.39 is 0 Å². The molecule has 0 spiro atoms. The molecule has 3 rings (SSSR count). The maximum atomic E-state index is 12.6. The molecule has 1 saturated heterocycles. The van der Waals surface area contributed by atoms with Gasteiger partial charge in [0.1, 0.15) is 12.5 Å². The SMILES string of the molecule is C[C@H]1CCCN(C(=O)c2ccon2)[C@@H]1CNC(=O)c1ccon1. The highest BCUT2D eigenvalue weighted by Crippen LogP contribution is 2.24. The molecular weight excluding hydrogens is 300 g/mol. The lowest BCUT2D eigenvalue weighted by Gasteiger charge is -2.39. The molecule has 1 aliphatic rings. The Labute approximate surface area is 132 Å². The Balaban J connectivity index is 1.68. The molecule has 0 aliphatic carbocycles. The van der Waals surface area contributed by atoms with Crippen molar-refractivity contribution in [3.63, 3.8) is 0 Å². The molecule has 2 amide bonds. The number of nitrogens with one attached hydrogen (secondary N) is 1. The molecule has 8 nitrogen and oxygen atoms in total. The fourth-order valence-electron chi connectivity index (χ4n) is 2.90. The molecule has 2 aromatic heterocycles. The van der Waals surface area contributed by atoms with E-state index in [9.17, 15) is 9.59 Å². The first kappa shape index (κ1) is 15.3. The molecule has 1 fully saturated rings. The second kappa shape index (κ2) is 6.64. The molecule has 2 aromatic rings. The van der Waals surface area contributed by atoms with Crippen LogP contribution in [0.25, 0.3) is 0 Å². The van der Waals surface area contributed by atoms with Gasteiger partial charge in [0.15, 0.2) is 11.4 Å². The van der Waals surface area contributed by atoms with Gasteiger partial charge in [-0.15, -0.1) is 0 Å². The van der Waals surface area contributed by atoms with Crippen LogP contribution < -0.4 is 5.32 Å². The predicted molar refractivity (Wildman–Crippen MR) is 78.6 cm³/mol. The van der Waals surface area contributed by atoms with Crippen molar-refractivity contribution in [2.24, 2.45) is 5.92 Å². The van der Waals surface area contributed by atoms with Gasteiger partial charge in [0, 0.05) is 25.2 Å². The van der Waals surface area contributed by atoms with Gasteiger partial charge in [-0.05, 0) is 18.8 Å². The van der Waals surface area contributed by atoms with Crippen LogP contribution in [0.2, 0.25) is 0 Å². The van der Waals surface area contributed by atoms with Crippen molar-refractivity contribution in [2.75, 3.05) is 13.1 Å². The first-order valence-corrected chi connectivity index (χ1v) is 7.56. The topological polar surface area (TPSA) is 101 Å². The minimum atomic E-state index is -0.314. The molecule has 2 atom stereocenters. The van der Waals surface area contributed by atoms with Crippen LogP contribution in [0.15, 0.2) is 33.7 Å². The molecule has 122 valence electrons. The highest BCUT2D eigenvalue weighted by molar-refractivity contribution is 5.93. The van der Waals surface area contributed by atoms with Crippen molar-refractivity contribution < 1.29 is 18.6 Å². The van der Waals surface area contributed by atoms with Gasteiger partial charge in [0.25, 0.3) is 11.8 Å². The van der Waals surface area contributed by atoms with Gasteiger partial charge in [-0.1, -0.05) is 17.2 Å². The van der Waals surface area contributed by atoms with Crippen molar-refractivity contribution >= 4 is 11.8 Å². The van der Waals surface area contributed by atoms with Crippen molar-refractivity contribution in [3.8, 4) is 0 Å². The average molecular weight is 318 g/mol. The number of piperidine rings is 1. The summed E-state index contributed by atoms with van der Waals surface area (Å²) in [6, 6.07) is 2.95. The third kappa shape index (κ3) is 3.25. The molecule has 1 aliphatic heterocycles. The fraction of sp³-hybridized carbons (Fsp3) is 0.467. The van der Waals surface area contributed by atoms with Gasteiger partial charge < -0.3 is 19.3 Å². The van der Waals surface area contributed by atoms with E-state index in [1.165, 1.54) is 18.6 Å². The molecule has 0 bridgehead atoms. The van der Waals surface area contributed by atoms with Crippen LogP contribution in [-0.4, -0.2) is 46.2 Å². The molecule has 0 aromatic carbocycles. The largest absolute Gasteiger partial charge is 0.364 e. The standard InChI is InChI=1S/C15H18N4O4/c1-10-3-2-6-19(15(21)12-5-8-23-18-12)13(10)9-16-14(20)11-4-7-22-17-11/h4-5,7-8,10,13H,2-3,6,9H2,1H3,(H,16,20)/t10-,13+/m0/s1. The summed E-state index contributed by atoms with van der Waals surface area (Å²) in [7, 11) is 0. The molecule has 23 heavy (non-hydrogen) atoms. The smallest absolute Gasteiger partial charge is 0.276 e. The molecular formula is C15H18N4O4. The van der Waals surface area contributed by atoms with Gasteiger partial charge >= 0.3 is 0 Å². The fourth-order valence-corrected chi connectivity index (χ4v) is 2.90. The van der Waals surface area contributed by atoms with Gasteiger partial charge in [-0.2, -0.15) is 0 Å². The van der Waals surface area contributed by atoms with Crippen molar-refractivity contribution in [1.29, 1.82) is 0 Å². The zero-order valence-electron chi connectivity index (χ0n) is 12.8. The minimum absolute atomic E-state index is 0.0937. The summed E-state index contributed by atoms with van der Waals surface area (Å²) >= 11 is 0. The Kier molecular flexibility index (Phi) is 4.40. The van der Waals surface area contributed by atoms with Crippen LogP contribution in [0, 0.1) is 5.92 Å². The lowest BCUT2D eigenvalue weighted by molar-refractivity contribution is 0.0497. The van der Waals surface area contributed by atoms with E-state index in [1.807, 2.05) is 0 Å². The van der Waals surface area contributed by atoms with Crippen LogP contribution in [0.1, 0.15) is 40.7 Å². The zero-order chi connectivity index (χ0) is 16.2. The Morgan fingerprint density at radius 3 is 2.61 bits per heavy atom. The molecule has 8 heteroatoms. The van der Waals surface area contributed by atoms with Crippen molar-refractivity contribution in [2.45, 2.75) is 25.8 Å². The number of aromatic nitrogens is 2. The maximum Gasteiger partial charge on any atom is 0.276 e. The van der Waals surface area contributed by atoms with E-state index >= 15 is 0 Å². The minimum Gasteiger partial charge on any atom is -0.364 e. The molecule has 0 radical (unpaired) electrons. The van der Waals surface area contributed by atoms with Crippen LogP contribution in [-0.2, 0) is 0 Å². The summed E-state index contributed by atoms with van der Waals surface area (Å²) < 4.78 is 9.41. The normalized spacial score (nSPS) is 21.2. The second-order valence-corrected chi connectivity index (χ2v) is 5.66. The third-order valence-corrected chi connectivity index (χ3v) is 4.18. The quantitative estimate of drug-likeness (QED) is 0.912. The highest BCUT2D eigenvalue weighted by atomic mass is 16.5. The monoisotopic (exact) mass is 318 g/mol. The first-order chi connectivity index (χ1) is 11.2. The van der Waals surface area contributed by atoms with E-state index in [-0.39, 0.29) is 35.2 Å². The number of amides is 2. The summed E-state index contributed by atoms with van der Waals surface area (Å²) in [5.41, 5.74) is 0.509. The number of hydrogen-bond donors (Lipinski definition) is 1. The number of carbonyl (C=O) groups excluding carboxylic acids is 2. The van der Waals surface area contributed by atoms with Gasteiger partial charge in [0.2, 0.25) is 0 Å². The Hall–Kier alpha value is -2.64. The van der Waals surface area contributed by atoms with Crippen LogP contribution in [0.4, 0.5) is 0 Å². The summed E-state index contributed by atoms with van der Waals surface area (Å²) in [5, 5.41) is 10.1. The second-order valence-electron chi connectivity index (χ2n) is 5.66. The van der Waals surface area contributed by atoms with Gasteiger partial charge in [-0.3, -0.25) is 9.59 Å². The van der Waals surface area contributed by atoms with Crippen LogP contribution in [0.3, 0.4) is 0 Å². The molecule has 0 unspecified atom stereocenters. The van der Waals surface area contributed by atoms with E-state index in [1.54, 1.807) is 11.0 Å². The lowest BCUT2D eigenvalue weighted by atomic mass is 9.90. The lowest BCUT2D eigenvalue weighted by Crippen LogP contribution is -2.53. The van der Waals surface area contributed by atoms with Gasteiger partial charge in [0.05, 0.1) is 6.04 Å².